The van der Waals surface area contributed by atoms with Gasteiger partial charge in [0.1, 0.15) is 10.9 Å². The number of ether oxygens (including phenoxy) is 2. The van der Waals surface area contributed by atoms with E-state index in [2.05, 4.69) is 26.1 Å². The number of halogens is 2. The van der Waals surface area contributed by atoms with Crippen LogP contribution in [0.2, 0.25) is 0 Å². The Balaban J connectivity index is 2.20. The van der Waals surface area contributed by atoms with Crippen molar-refractivity contribution in [3.63, 3.8) is 0 Å². The first-order valence-corrected chi connectivity index (χ1v) is 8.10. The zero-order valence-electron chi connectivity index (χ0n) is 12.6. The van der Waals surface area contributed by atoms with E-state index in [1.165, 1.54) is 0 Å². The lowest BCUT2D eigenvalue weighted by molar-refractivity contribution is 0.354. The first kappa shape index (κ1) is 16.0. The minimum atomic E-state index is 0.436. The van der Waals surface area contributed by atoms with Gasteiger partial charge in [-0.3, -0.25) is 0 Å². The molecule has 0 radical (unpaired) electrons. The minimum Gasteiger partial charge on any atom is -0.493 e. The highest BCUT2D eigenvalue weighted by atomic mass is 79.9. The van der Waals surface area contributed by atoms with Gasteiger partial charge in [0.2, 0.25) is 0 Å². The van der Waals surface area contributed by atoms with Crippen LogP contribution in [0.3, 0.4) is 0 Å². The van der Waals surface area contributed by atoms with Crippen molar-refractivity contribution < 1.29 is 9.47 Å². The summed E-state index contributed by atoms with van der Waals surface area (Å²) in [6.45, 7) is 0. The van der Waals surface area contributed by atoms with Gasteiger partial charge in [0.15, 0.2) is 11.5 Å². The van der Waals surface area contributed by atoms with Gasteiger partial charge in [0, 0.05) is 22.0 Å². The van der Waals surface area contributed by atoms with Crippen LogP contribution in [0.4, 0.5) is 0 Å². The Kier molecular flexibility index (Phi) is 4.68. The number of hydrogen-bond donors (Lipinski definition) is 0. The summed E-state index contributed by atoms with van der Waals surface area (Å²) in [5.74, 6) is 1.31. The van der Waals surface area contributed by atoms with Gasteiger partial charge in [-0.25, -0.2) is 0 Å². The van der Waals surface area contributed by atoms with Gasteiger partial charge in [0.25, 0.3) is 0 Å². The summed E-state index contributed by atoms with van der Waals surface area (Å²) in [6.07, 6.45) is 0.501. The Bertz CT molecular complexity index is 801. The van der Waals surface area contributed by atoms with Crippen molar-refractivity contribution >= 4 is 38.4 Å². The van der Waals surface area contributed by atoms with Crippen LogP contribution < -0.4 is 9.47 Å². The molecule has 0 unspecified atom stereocenters. The summed E-state index contributed by atoms with van der Waals surface area (Å²) >= 11 is 9.60. The fourth-order valence-corrected chi connectivity index (χ4v) is 2.91. The molecule has 1 heterocycles. The third-order valence-electron chi connectivity index (χ3n) is 3.58. The predicted molar refractivity (Wildman–Crippen MR) is 96.3 cm³/mol. The van der Waals surface area contributed by atoms with Gasteiger partial charge in [0.05, 0.1) is 14.2 Å². The fourth-order valence-electron chi connectivity index (χ4n) is 2.46. The molecule has 0 amide bonds. The highest BCUT2D eigenvalue weighted by molar-refractivity contribution is 9.10. The number of benzene rings is 2. The second kappa shape index (κ2) is 6.72. The van der Waals surface area contributed by atoms with Crippen LogP contribution in [0, 0.1) is 0 Å². The SMILES string of the molecule is COc1cc2c(cc1OC)C(c1ccc(Br)cc1)=NN=C(Cl)C2. The molecular weight excluding hydrogens is 380 g/mol. The van der Waals surface area contributed by atoms with Crippen LogP contribution >= 0.6 is 27.5 Å². The predicted octanol–water partition coefficient (Wildman–Crippen LogP) is 4.41. The molecule has 4 nitrogen and oxygen atoms in total. The van der Waals surface area contributed by atoms with Crippen LogP contribution in [-0.2, 0) is 6.42 Å². The van der Waals surface area contributed by atoms with E-state index in [4.69, 9.17) is 21.1 Å². The zero-order valence-corrected chi connectivity index (χ0v) is 15.0. The molecule has 0 spiro atoms. The number of nitrogens with zero attached hydrogens (tertiary/aromatic N) is 2. The summed E-state index contributed by atoms with van der Waals surface area (Å²) in [5, 5.41) is 8.88. The highest BCUT2D eigenvalue weighted by Gasteiger charge is 2.20. The molecule has 6 heteroatoms. The maximum atomic E-state index is 6.16. The largest absolute Gasteiger partial charge is 0.493 e. The van der Waals surface area contributed by atoms with Crippen LogP contribution in [-0.4, -0.2) is 25.1 Å². The van der Waals surface area contributed by atoms with Crippen molar-refractivity contribution in [2.75, 3.05) is 14.2 Å². The molecule has 0 atom stereocenters. The molecular formula is C17H14BrClN2O2. The van der Waals surface area contributed by atoms with Crippen molar-refractivity contribution in [1.82, 2.24) is 0 Å². The second-order valence-corrected chi connectivity index (χ2v) is 6.32. The van der Waals surface area contributed by atoms with Gasteiger partial charge in [-0.15, -0.1) is 10.2 Å². The van der Waals surface area contributed by atoms with Crippen LogP contribution in [0.5, 0.6) is 11.5 Å². The molecule has 118 valence electrons. The Morgan fingerprint density at radius 1 is 1.00 bits per heavy atom. The lowest BCUT2D eigenvalue weighted by Gasteiger charge is -2.14. The van der Waals surface area contributed by atoms with Gasteiger partial charge >= 0.3 is 0 Å². The number of fused-ring (bicyclic) bond motifs is 1. The first-order chi connectivity index (χ1) is 11.1. The Labute approximate surface area is 147 Å². The standard InChI is InChI=1S/C17H14BrClN2O2/c1-22-14-7-11-8-16(19)20-21-17(13(11)9-15(14)23-2)10-3-5-12(18)6-4-10/h3-7,9H,8H2,1-2H3. The van der Waals surface area contributed by atoms with Gasteiger partial charge < -0.3 is 9.47 Å². The van der Waals surface area contributed by atoms with E-state index in [1.54, 1.807) is 14.2 Å². The monoisotopic (exact) mass is 392 g/mol. The molecule has 0 N–H and O–H groups in total. The third kappa shape index (κ3) is 3.26. The van der Waals surface area contributed by atoms with Crippen LogP contribution in [0.25, 0.3) is 0 Å². The van der Waals surface area contributed by atoms with E-state index in [0.717, 1.165) is 26.9 Å². The maximum absolute atomic E-state index is 6.16. The van der Waals surface area contributed by atoms with Crippen molar-refractivity contribution in [2.45, 2.75) is 6.42 Å². The normalized spacial score (nSPS) is 13.6. The molecule has 0 aromatic heterocycles. The van der Waals surface area contributed by atoms with Crippen molar-refractivity contribution in [2.24, 2.45) is 10.2 Å². The van der Waals surface area contributed by atoms with Gasteiger partial charge in [-0.2, -0.15) is 0 Å². The maximum Gasteiger partial charge on any atom is 0.161 e. The van der Waals surface area contributed by atoms with E-state index in [-0.39, 0.29) is 0 Å². The quantitative estimate of drug-likeness (QED) is 0.775. The molecule has 2 aromatic carbocycles. The van der Waals surface area contributed by atoms with Crippen LogP contribution in [0.1, 0.15) is 16.7 Å². The summed E-state index contributed by atoms with van der Waals surface area (Å²) < 4.78 is 11.8. The lowest BCUT2D eigenvalue weighted by atomic mass is 9.95. The fraction of sp³-hybridized carbons (Fsp3) is 0.176. The highest BCUT2D eigenvalue weighted by Crippen LogP contribution is 2.33. The molecule has 1 aliphatic heterocycles. The smallest absolute Gasteiger partial charge is 0.161 e. The number of hydrogen-bond acceptors (Lipinski definition) is 4. The molecule has 3 rings (SSSR count). The summed E-state index contributed by atoms with van der Waals surface area (Å²) in [6, 6.07) is 11.7. The minimum absolute atomic E-state index is 0.436. The number of methoxy groups -OCH3 is 2. The van der Waals surface area contributed by atoms with E-state index in [9.17, 15) is 0 Å². The molecule has 23 heavy (non-hydrogen) atoms. The van der Waals surface area contributed by atoms with E-state index in [1.807, 2.05) is 36.4 Å². The third-order valence-corrected chi connectivity index (χ3v) is 4.31. The van der Waals surface area contributed by atoms with Gasteiger partial charge in [-0.1, -0.05) is 39.7 Å². The Morgan fingerprint density at radius 2 is 1.65 bits per heavy atom. The number of rotatable bonds is 3. The molecule has 0 saturated carbocycles. The molecule has 0 saturated heterocycles. The molecule has 0 aliphatic carbocycles. The molecule has 0 bridgehead atoms. The average molecular weight is 394 g/mol. The van der Waals surface area contributed by atoms with E-state index >= 15 is 0 Å². The summed E-state index contributed by atoms with van der Waals surface area (Å²) in [4.78, 5) is 0. The van der Waals surface area contributed by atoms with Crippen molar-refractivity contribution in [1.29, 1.82) is 0 Å². The average Bonchev–Trinajstić information content (AvgIpc) is 2.72. The Morgan fingerprint density at radius 3 is 2.30 bits per heavy atom. The first-order valence-electron chi connectivity index (χ1n) is 6.93. The summed E-state index contributed by atoms with van der Waals surface area (Å²) in [5.41, 5.74) is 3.64. The zero-order chi connectivity index (χ0) is 16.4. The van der Waals surface area contributed by atoms with Gasteiger partial charge in [-0.05, 0) is 29.8 Å². The van der Waals surface area contributed by atoms with Crippen LogP contribution in [0.15, 0.2) is 51.1 Å². The second-order valence-electron chi connectivity index (χ2n) is 4.97. The van der Waals surface area contributed by atoms with Crippen molar-refractivity contribution in [3.05, 3.63) is 57.6 Å². The van der Waals surface area contributed by atoms with Crippen molar-refractivity contribution in [3.8, 4) is 11.5 Å². The molecule has 1 aliphatic rings. The van der Waals surface area contributed by atoms with E-state index in [0.29, 0.717) is 23.1 Å². The Hall–Kier alpha value is -1.85. The lowest BCUT2D eigenvalue weighted by Crippen LogP contribution is -2.08. The molecule has 0 fully saturated rings. The topological polar surface area (TPSA) is 43.2 Å². The molecule has 2 aromatic rings. The summed E-state index contributed by atoms with van der Waals surface area (Å²) in [7, 11) is 3.22. The van der Waals surface area contributed by atoms with E-state index < -0.39 is 0 Å².